The Labute approximate surface area is 183 Å². The number of sulfonamides is 1. The van der Waals surface area contributed by atoms with Gasteiger partial charge in [-0.25, -0.2) is 18.1 Å². The second-order valence-electron chi connectivity index (χ2n) is 8.54. The van der Waals surface area contributed by atoms with Gasteiger partial charge in [0.2, 0.25) is 15.9 Å². The van der Waals surface area contributed by atoms with E-state index in [1.54, 1.807) is 31.4 Å². The van der Waals surface area contributed by atoms with Gasteiger partial charge in [0, 0.05) is 23.9 Å². The van der Waals surface area contributed by atoms with Crippen LogP contribution < -0.4 is 9.46 Å². The monoisotopic (exact) mass is 434 g/mol. The van der Waals surface area contributed by atoms with Gasteiger partial charge < -0.3 is 4.74 Å². The summed E-state index contributed by atoms with van der Waals surface area (Å²) >= 11 is 0. The van der Waals surface area contributed by atoms with Crippen molar-refractivity contribution < 1.29 is 13.2 Å². The van der Waals surface area contributed by atoms with Crippen LogP contribution in [-0.2, 0) is 22.9 Å². The van der Waals surface area contributed by atoms with E-state index >= 15 is 0 Å². The van der Waals surface area contributed by atoms with Crippen molar-refractivity contribution in [3.63, 3.8) is 0 Å². The average Bonchev–Trinajstić information content (AvgIpc) is 3.07. The van der Waals surface area contributed by atoms with Crippen molar-refractivity contribution in [2.24, 2.45) is 11.8 Å². The van der Waals surface area contributed by atoms with E-state index in [4.69, 9.17) is 4.74 Å². The first-order chi connectivity index (χ1) is 15.0. The van der Waals surface area contributed by atoms with Crippen molar-refractivity contribution in [1.82, 2.24) is 9.71 Å². The summed E-state index contributed by atoms with van der Waals surface area (Å²) in [5.41, 5.74) is 4.85. The van der Waals surface area contributed by atoms with Gasteiger partial charge in [0.25, 0.3) is 0 Å². The maximum absolute atomic E-state index is 13.0. The van der Waals surface area contributed by atoms with E-state index in [-0.39, 0.29) is 6.04 Å². The normalized spacial score (nSPS) is 22.5. The van der Waals surface area contributed by atoms with Gasteiger partial charge in [-0.2, -0.15) is 0 Å². The van der Waals surface area contributed by atoms with Crippen molar-refractivity contribution in [2.75, 3.05) is 7.11 Å². The lowest BCUT2D eigenvalue weighted by Crippen LogP contribution is -2.41. The average molecular weight is 435 g/mol. The SMILES string of the molecule is COc1ccc(-c2ccc3c(c2)CC2CCC(C3)C2NS(=O)(=O)c2ccccc2)cn1. The van der Waals surface area contributed by atoms with Crippen molar-refractivity contribution in [3.05, 3.63) is 78.0 Å². The molecule has 0 spiro atoms. The molecular formula is C25H26N2O3S. The van der Waals surface area contributed by atoms with Crippen LogP contribution in [0.15, 0.2) is 71.8 Å². The molecule has 1 heterocycles. The molecule has 5 nitrogen and oxygen atoms in total. The fourth-order valence-electron chi connectivity index (χ4n) is 5.10. The molecule has 160 valence electrons. The van der Waals surface area contributed by atoms with Gasteiger partial charge >= 0.3 is 0 Å². The molecule has 1 aromatic heterocycles. The third kappa shape index (κ3) is 3.98. The van der Waals surface area contributed by atoms with Gasteiger partial charge in [-0.3, -0.25) is 0 Å². The number of hydrogen-bond acceptors (Lipinski definition) is 4. The minimum atomic E-state index is -3.52. The zero-order valence-electron chi connectivity index (χ0n) is 17.5. The number of nitrogens with zero attached hydrogens (tertiary/aromatic N) is 1. The van der Waals surface area contributed by atoms with Gasteiger partial charge in [-0.05, 0) is 72.4 Å². The second-order valence-corrected chi connectivity index (χ2v) is 10.3. The van der Waals surface area contributed by atoms with E-state index in [1.165, 1.54) is 11.1 Å². The molecule has 3 unspecified atom stereocenters. The molecule has 5 rings (SSSR count). The van der Waals surface area contributed by atoms with E-state index in [1.807, 2.05) is 24.4 Å². The quantitative estimate of drug-likeness (QED) is 0.653. The molecule has 3 atom stereocenters. The number of aromatic nitrogens is 1. The molecule has 1 saturated carbocycles. The summed E-state index contributed by atoms with van der Waals surface area (Å²) in [6, 6.07) is 19.2. The first kappa shape index (κ1) is 20.2. The number of benzene rings is 2. The highest BCUT2D eigenvalue weighted by Crippen LogP contribution is 2.41. The summed E-state index contributed by atoms with van der Waals surface area (Å²) in [5, 5.41) is 0. The molecule has 2 aromatic carbocycles. The van der Waals surface area contributed by atoms with E-state index in [9.17, 15) is 8.42 Å². The second kappa shape index (κ2) is 8.09. The van der Waals surface area contributed by atoms with Crippen LogP contribution in [0.4, 0.5) is 0 Å². The Morgan fingerprint density at radius 3 is 2.29 bits per heavy atom. The molecule has 2 aliphatic rings. The minimum absolute atomic E-state index is 0.0243. The number of nitrogens with one attached hydrogen (secondary N) is 1. The van der Waals surface area contributed by atoms with Gasteiger partial charge in [0.05, 0.1) is 12.0 Å². The van der Waals surface area contributed by atoms with Gasteiger partial charge in [0.1, 0.15) is 0 Å². The Hall–Kier alpha value is -2.70. The molecule has 1 N–H and O–H groups in total. The predicted octanol–water partition coefficient (Wildman–Crippen LogP) is 4.23. The lowest BCUT2D eigenvalue weighted by atomic mass is 9.91. The Kier molecular flexibility index (Phi) is 5.28. The van der Waals surface area contributed by atoms with E-state index in [0.717, 1.165) is 36.8 Å². The first-order valence-corrected chi connectivity index (χ1v) is 12.2. The molecular weight excluding hydrogens is 408 g/mol. The Morgan fingerprint density at radius 2 is 1.61 bits per heavy atom. The standard InChI is InChI=1S/C25H26N2O3S/c1-30-24-12-11-21(16-26-24)17-7-8-18-13-19-9-10-20(15-22(18)14-17)25(19)27-31(28,29)23-5-3-2-4-6-23/h2-8,11-12,14,16,19-20,25,27H,9-10,13,15H2,1H3. The first-order valence-electron chi connectivity index (χ1n) is 10.7. The summed E-state index contributed by atoms with van der Waals surface area (Å²) in [7, 11) is -1.90. The Bertz CT molecular complexity index is 1180. The van der Waals surface area contributed by atoms with Gasteiger partial charge in [-0.1, -0.05) is 36.4 Å². The van der Waals surface area contributed by atoms with Crippen LogP contribution in [0.2, 0.25) is 0 Å². The summed E-state index contributed by atoms with van der Waals surface area (Å²) in [4.78, 5) is 4.66. The highest BCUT2D eigenvalue weighted by atomic mass is 32.2. The Balaban J connectivity index is 1.40. The van der Waals surface area contributed by atoms with E-state index in [0.29, 0.717) is 22.6 Å². The molecule has 0 amide bonds. The van der Waals surface area contributed by atoms with Crippen molar-refractivity contribution >= 4 is 10.0 Å². The topological polar surface area (TPSA) is 68.3 Å². The van der Waals surface area contributed by atoms with E-state index in [2.05, 4.69) is 27.9 Å². The largest absolute Gasteiger partial charge is 0.481 e. The van der Waals surface area contributed by atoms with Gasteiger partial charge in [0.15, 0.2) is 0 Å². The lowest BCUT2D eigenvalue weighted by molar-refractivity contribution is 0.386. The summed E-state index contributed by atoms with van der Waals surface area (Å²) in [6.45, 7) is 0. The van der Waals surface area contributed by atoms with E-state index < -0.39 is 10.0 Å². The highest BCUT2D eigenvalue weighted by molar-refractivity contribution is 7.89. The van der Waals surface area contributed by atoms with Gasteiger partial charge in [-0.15, -0.1) is 0 Å². The molecule has 6 heteroatoms. The highest BCUT2D eigenvalue weighted by Gasteiger charge is 2.41. The number of hydrogen-bond donors (Lipinski definition) is 1. The number of fused-ring (bicyclic) bond motifs is 3. The van der Waals surface area contributed by atoms with Crippen LogP contribution in [0.1, 0.15) is 24.0 Å². The summed E-state index contributed by atoms with van der Waals surface area (Å²) in [5.74, 6) is 1.25. The molecule has 31 heavy (non-hydrogen) atoms. The van der Waals surface area contributed by atoms with Crippen LogP contribution in [0.5, 0.6) is 5.88 Å². The number of rotatable bonds is 5. The van der Waals surface area contributed by atoms with Crippen LogP contribution in [0.25, 0.3) is 11.1 Å². The molecule has 2 aliphatic carbocycles. The zero-order valence-corrected chi connectivity index (χ0v) is 18.3. The third-order valence-electron chi connectivity index (χ3n) is 6.72. The summed E-state index contributed by atoms with van der Waals surface area (Å²) < 4.78 is 34.2. The molecule has 3 aromatic rings. The number of ether oxygens (including phenoxy) is 1. The maximum Gasteiger partial charge on any atom is 0.240 e. The zero-order chi connectivity index (χ0) is 21.4. The lowest BCUT2D eigenvalue weighted by Gasteiger charge is -2.23. The van der Waals surface area contributed by atoms with Crippen molar-refractivity contribution in [1.29, 1.82) is 0 Å². The molecule has 0 saturated heterocycles. The van der Waals surface area contributed by atoms with Crippen LogP contribution in [0.3, 0.4) is 0 Å². The smallest absolute Gasteiger partial charge is 0.240 e. The van der Waals surface area contributed by atoms with Crippen molar-refractivity contribution in [3.8, 4) is 17.0 Å². The number of methoxy groups -OCH3 is 1. The maximum atomic E-state index is 13.0. The fourth-order valence-corrected chi connectivity index (χ4v) is 6.50. The third-order valence-corrected chi connectivity index (χ3v) is 8.19. The van der Waals surface area contributed by atoms with Crippen molar-refractivity contribution in [2.45, 2.75) is 36.6 Å². The molecule has 0 radical (unpaired) electrons. The number of pyridine rings is 1. The van der Waals surface area contributed by atoms with Crippen LogP contribution in [-0.4, -0.2) is 26.6 Å². The molecule has 1 fully saturated rings. The molecule has 0 aliphatic heterocycles. The predicted molar refractivity (Wildman–Crippen MR) is 120 cm³/mol. The summed E-state index contributed by atoms with van der Waals surface area (Å²) in [6.07, 6.45) is 5.76. The minimum Gasteiger partial charge on any atom is -0.481 e. The van der Waals surface area contributed by atoms with Crippen LogP contribution >= 0.6 is 0 Å². The fraction of sp³-hybridized carbons (Fsp3) is 0.320. The van der Waals surface area contributed by atoms with Crippen LogP contribution in [0, 0.1) is 11.8 Å². The molecule has 2 bridgehead atoms. The Morgan fingerprint density at radius 1 is 0.903 bits per heavy atom.